The second-order valence-electron chi connectivity index (χ2n) is 5.89. The Morgan fingerprint density at radius 2 is 2.10 bits per heavy atom. The molecule has 3 nitrogen and oxygen atoms in total. The van der Waals surface area contributed by atoms with Crippen molar-refractivity contribution in [2.75, 3.05) is 5.32 Å². The van der Waals surface area contributed by atoms with Gasteiger partial charge in [-0.25, -0.2) is 0 Å². The smallest absolute Gasteiger partial charge is 0.244 e. The first-order valence-corrected chi connectivity index (χ1v) is 7.63. The Bertz CT molecular complexity index is 533. The molecule has 3 N–H and O–H groups in total. The van der Waals surface area contributed by atoms with Crippen LogP contribution in [0.3, 0.4) is 0 Å². The van der Waals surface area contributed by atoms with Crippen LogP contribution in [0.5, 0.6) is 0 Å². The largest absolute Gasteiger partial charge is 0.323 e. The van der Waals surface area contributed by atoms with E-state index < -0.39 is 5.54 Å². The lowest BCUT2D eigenvalue weighted by Gasteiger charge is -2.35. The maximum absolute atomic E-state index is 12.4. The van der Waals surface area contributed by atoms with E-state index in [1.807, 2.05) is 6.92 Å². The molecule has 0 aromatic heterocycles. The van der Waals surface area contributed by atoms with Crippen LogP contribution in [-0.4, -0.2) is 11.4 Å². The van der Waals surface area contributed by atoms with Crippen LogP contribution in [0.4, 0.5) is 5.69 Å². The molecule has 20 heavy (non-hydrogen) atoms. The van der Waals surface area contributed by atoms with Crippen molar-refractivity contribution in [2.24, 2.45) is 11.7 Å². The van der Waals surface area contributed by atoms with E-state index in [-0.39, 0.29) is 5.91 Å². The van der Waals surface area contributed by atoms with Gasteiger partial charge in [0.25, 0.3) is 0 Å². The average molecular weight is 315 g/mol. The zero-order chi connectivity index (χ0) is 14.9. The van der Waals surface area contributed by atoms with Crippen LogP contribution in [-0.2, 0) is 4.79 Å². The number of amides is 1. The van der Waals surface area contributed by atoms with Gasteiger partial charge in [0.1, 0.15) is 0 Å². The molecular weight excluding hydrogens is 295 g/mol. The van der Waals surface area contributed by atoms with Gasteiger partial charge in [-0.05, 0) is 43.4 Å². The van der Waals surface area contributed by atoms with Gasteiger partial charge in [-0.15, -0.1) is 0 Å². The Morgan fingerprint density at radius 3 is 2.75 bits per heavy atom. The second kappa shape index (κ2) is 5.92. The van der Waals surface area contributed by atoms with E-state index in [0.29, 0.717) is 34.5 Å². The summed E-state index contributed by atoms with van der Waals surface area (Å²) in [5, 5.41) is 3.88. The Labute approximate surface area is 129 Å². The summed E-state index contributed by atoms with van der Waals surface area (Å²) in [7, 11) is 0. The lowest BCUT2D eigenvalue weighted by molar-refractivity contribution is -0.122. The molecule has 2 rings (SSSR count). The molecule has 2 unspecified atom stereocenters. The number of benzene rings is 1. The number of rotatable bonds is 2. The lowest BCUT2D eigenvalue weighted by Crippen LogP contribution is -2.53. The summed E-state index contributed by atoms with van der Waals surface area (Å²) in [5.74, 6) is 0.294. The minimum absolute atomic E-state index is 0.175. The predicted molar refractivity (Wildman–Crippen MR) is 84.4 cm³/mol. The molecule has 1 aliphatic carbocycles. The van der Waals surface area contributed by atoms with Crippen molar-refractivity contribution in [1.82, 2.24) is 0 Å². The van der Waals surface area contributed by atoms with E-state index in [9.17, 15) is 4.79 Å². The normalized spacial score (nSPS) is 26.4. The van der Waals surface area contributed by atoms with Crippen LogP contribution in [0.1, 0.15) is 38.2 Å². The third kappa shape index (κ3) is 3.27. The first kappa shape index (κ1) is 15.6. The molecule has 0 aliphatic heterocycles. The van der Waals surface area contributed by atoms with Crippen LogP contribution in [0.15, 0.2) is 12.1 Å². The third-order valence-electron chi connectivity index (χ3n) is 3.98. The van der Waals surface area contributed by atoms with Gasteiger partial charge in [0.2, 0.25) is 5.91 Å². The lowest BCUT2D eigenvalue weighted by atomic mass is 9.76. The van der Waals surface area contributed by atoms with Crippen molar-refractivity contribution in [3.63, 3.8) is 0 Å². The number of nitrogens with two attached hydrogens (primary N) is 1. The Kier molecular flexibility index (Phi) is 4.62. The summed E-state index contributed by atoms with van der Waals surface area (Å²) in [6.07, 6.45) is 3.52. The topological polar surface area (TPSA) is 55.1 Å². The van der Waals surface area contributed by atoms with Crippen molar-refractivity contribution < 1.29 is 4.79 Å². The highest BCUT2D eigenvalue weighted by molar-refractivity contribution is 6.36. The molecule has 5 heteroatoms. The van der Waals surface area contributed by atoms with Gasteiger partial charge >= 0.3 is 0 Å². The fraction of sp³-hybridized carbons (Fsp3) is 0.533. The third-order valence-corrected chi connectivity index (χ3v) is 4.70. The molecule has 110 valence electrons. The molecule has 0 radical (unpaired) electrons. The Hall–Kier alpha value is -0.770. The van der Waals surface area contributed by atoms with Gasteiger partial charge in [0.15, 0.2) is 0 Å². The maximum Gasteiger partial charge on any atom is 0.244 e. The van der Waals surface area contributed by atoms with E-state index in [2.05, 4.69) is 12.2 Å². The van der Waals surface area contributed by atoms with Gasteiger partial charge in [0.05, 0.1) is 16.2 Å². The van der Waals surface area contributed by atoms with E-state index in [1.54, 1.807) is 12.1 Å². The second-order valence-corrected chi connectivity index (χ2v) is 6.71. The molecule has 0 spiro atoms. The zero-order valence-corrected chi connectivity index (χ0v) is 13.3. The standard InChI is InChI=1S/C15H20Cl2N2O/c1-9-4-3-5-15(18,8-9)14(20)19-13-7-11(16)10(2)6-12(13)17/h6-7,9H,3-5,8,18H2,1-2H3,(H,19,20). The molecule has 2 atom stereocenters. The number of nitrogens with one attached hydrogen (secondary N) is 1. The van der Waals surface area contributed by atoms with Crippen molar-refractivity contribution in [3.05, 3.63) is 27.7 Å². The van der Waals surface area contributed by atoms with E-state index in [1.165, 1.54) is 0 Å². The van der Waals surface area contributed by atoms with Gasteiger partial charge in [0, 0.05) is 5.02 Å². The molecule has 0 bridgehead atoms. The van der Waals surface area contributed by atoms with Crippen molar-refractivity contribution in [2.45, 2.75) is 45.1 Å². The van der Waals surface area contributed by atoms with Crippen molar-refractivity contribution in [1.29, 1.82) is 0 Å². The van der Waals surface area contributed by atoms with Crippen LogP contribution in [0, 0.1) is 12.8 Å². The molecule has 0 heterocycles. The quantitative estimate of drug-likeness (QED) is 0.861. The summed E-state index contributed by atoms with van der Waals surface area (Å²) < 4.78 is 0. The Balaban J connectivity index is 2.17. The van der Waals surface area contributed by atoms with E-state index in [0.717, 1.165) is 18.4 Å². The monoisotopic (exact) mass is 314 g/mol. The van der Waals surface area contributed by atoms with Crippen LogP contribution < -0.4 is 11.1 Å². The highest BCUT2D eigenvalue weighted by atomic mass is 35.5. The molecular formula is C15H20Cl2N2O. The van der Waals surface area contributed by atoms with Crippen molar-refractivity contribution in [3.8, 4) is 0 Å². The van der Waals surface area contributed by atoms with Crippen LogP contribution in [0.25, 0.3) is 0 Å². The first-order valence-electron chi connectivity index (χ1n) is 6.88. The summed E-state index contributed by atoms with van der Waals surface area (Å²) in [6.45, 7) is 4.00. The molecule has 1 fully saturated rings. The highest BCUT2D eigenvalue weighted by Gasteiger charge is 2.38. The fourth-order valence-corrected chi connectivity index (χ4v) is 3.22. The van der Waals surface area contributed by atoms with Gasteiger partial charge < -0.3 is 11.1 Å². The predicted octanol–water partition coefficient (Wildman–Crippen LogP) is 4.15. The molecule has 1 amide bonds. The van der Waals surface area contributed by atoms with Gasteiger partial charge in [-0.1, -0.05) is 43.0 Å². The average Bonchev–Trinajstić information content (AvgIpc) is 2.35. The first-order chi connectivity index (χ1) is 9.32. The van der Waals surface area contributed by atoms with Crippen LogP contribution >= 0.6 is 23.2 Å². The molecule has 1 aromatic carbocycles. The van der Waals surface area contributed by atoms with Gasteiger partial charge in [-0.2, -0.15) is 0 Å². The SMILES string of the molecule is Cc1cc(Cl)c(NC(=O)C2(N)CCCC(C)C2)cc1Cl. The summed E-state index contributed by atoms with van der Waals surface area (Å²) in [5.41, 5.74) is 6.87. The number of carbonyl (C=O) groups is 1. The fourth-order valence-electron chi connectivity index (χ4n) is 2.79. The molecule has 1 aromatic rings. The number of aryl methyl sites for hydroxylation is 1. The number of hydrogen-bond donors (Lipinski definition) is 2. The van der Waals surface area contributed by atoms with E-state index >= 15 is 0 Å². The minimum Gasteiger partial charge on any atom is -0.323 e. The van der Waals surface area contributed by atoms with E-state index in [4.69, 9.17) is 28.9 Å². The van der Waals surface area contributed by atoms with Crippen LogP contribution in [0.2, 0.25) is 10.0 Å². The number of anilines is 1. The van der Waals surface area contributed by atoms with Crippen molar-refractivity contribution >= 4 is 34.8 Å². The number of hydrogen-bond acceptors (Lipinski definition) is 2. The highest BCUT2D eigenvalue weighted by Crippen LogP contribution is 2.33. The minimum atomic E-state index is -0.807. The number of halogens is 2. The van der Waals surface area contributed by atoms with Gasteiger partial charge in [-0.3, -0.25) is 4.79 Å². The molecule has 1 saturated carbocycles. The number of carbonyl (C=O) groups excluding carboxylic acids is 1. The summed E-state index contributed by atoms with van der Waals surface area (Å²) in [4.78, 5) is 12.4. The maximum atomic E-state index is 12.4. The summed E-state index contributed by atoms with van der Waals surface area (Å²) in [6, 6.07) is 3.42. The molecule has 0 saturated heterocycles. The summed E-state index contributed by atoms with van der Waals surface area (Å²) >= 11 is 12.2. The zero-order valence-electron chi connectivity index (χ0n) is 11.8. The molecule has 1 aliphatic rings. The Morgan fingerprint density at radius 1 is 1.40 bits per heavy atom.